The third-order valence-corrected chi connectivity index (χ3v) is 3.35. The molecule has 0 bridgehead atoms. The van der Waals surface area contributed by atoms with Crippen LogP contribution in [0, 0.1) is 11.3 Å². The molecule has 25 heavy (non-hydrogen) atoms. The molecule has 2 aromatic carbocycles. The van der Waals surface area contributed by atoms with Crippen molar-refractivity contribution in [2.45, 2.75) is 19.4 Å². The highest BCUT2D eigenvalue weighted by atomic mass is 16.2. The van der Waals surface area contributed by atoms with E-state index in [0.29, 0.717) is 12.1 Å². The quantitative estimate of drug-likeness (QED) is 0.600. The number of rotatable bonds is 7. The van der Waals surface area contributed by atoms with Crippen LogP contribution < -0.4 is 10.7 Å². The Balaban J connectivity index is 1.66. The van der Waals surface area contributed by atoms with Gasteiger partial charge in [-0.2, -0.15) is 10.4 Å². The Kier molecular flexibility index (Phi) is 6.89. The number of hydrogen-bond acceptors (Lipinski definition) is 4. The summed E-state index contributed by atoms with van der Waals surface area (Å²) in [5, 5.41) is 15.3. The van der Waals surface area contributed by atoms with E-state index >= 15 is 0 Å². The molecule has 0 fully saturated rings. The van der Waals surface area contributed by atoms with E-state index in [-0.39, 0.29) is 24.7 Å². The van der Waals surface area contributed by atoms with Gasteiger partial charge in [0.25, 0.3) is 0 Å². The molecular formula is C19H18N4O2. The van der Waals surface area contributed by atoms with Crippen LogP contribution in [0.25, 0.3) is 0 Å². The van der Waals surface area contributed by atoms with Crippen LogP contribution >= 0.6 is 0 Å². The molecule has 0 atom stereocenters. The summed E-state index contributed by atoms with van der Waals surface area (Å²) in [4.78, 5) is 23.4. The van der Waals surface area contributed by atoms with Crippen molar-refractivity contribution in [3.05, 3.63) is 71.3 Å². The van der Waals surface area contributed by atoms with Crippen molar-refractivity contribution in [3.63, 3.8) is 0 Å². The fourth-order valence-corrected chi connectivity index (χ4v) is 1.99. The molecule has 2 amide bonds. The first-order chi connectivity index (χ1) is 12.2. The van der Waals surface area contributed by atoms with E-state index in [1.54, 1.807) is 24.3 Å². The van der Waals surface area contributed by atoms with Gasteiger partial charge in [0.15, 0.2) is 0 Å². The maximum absolute atomic E-state index is 11.7. The third kappa shape index (κ3) is 6.67. The summed E-state index contributed by atoms with van der Waals surface area (Å²) in [5.41, 5.74) is 4.70. The van der Waals surface area contributed by atoms with Gasteiger partial charge in [0, 0.05) is 19.4 Å². The number of hydrogen-bond donors (Lipinski definition) is 2. The van der Waals surface area contributed by atoms with E-state index in [2.05, 4.69) is 15.8 Å². The predicted molar refractivity (Wildman–Crippen MR) is 94.4 cm³/mol. The van der Waals surface area contributed by atoms with Gasteiger partial charge in [-0.1, -0.05) is 42.5 Å². The maximum atomic E-state index is 11.7. The van der Waals surface area contributed by atoms with E-state index in [4.69, 9.17) is 5.26 Å². The monoisotopic (exact) mass is 334 g/mol. The number of nitrogens with one attached hydrogen (secondary N) is 2. The van der Waals surface area contributed by atoms with E-state index in [0.717, 1.165) is 11.1 Å². The number of benzene rings is 2. The standard InChI is InChI=1S/C19H18N4O2/c20-12-15-6-8-17(9-7-15)14-22-23-19(25)11-10-18(24)21-13-16-4-2-1-3-5-16/h1-9,14H,10-11,13H2,(H,21,24)(H,23,25)/b22-14+. The molecule has 0 unspecified atom stereocenters. The SMILES string of the molecule is N#Cc1ccc(/C=N/NC(=O)CCC(=O)NCc2ccccc2)cc1. The highest BCUT2D eigenvalue weighted by molar-refractivity contribution is 5.85. The molecule has 6 nitrogen and oxygen atoms in total. The summed E-state index contributed by atoms with van der Waals surface area (Å²) in [7, 11) is 0. The van der Waals surface area contributed by atoms with Crippen molar-refractivity contribution < 1.29 is 9.59 Å². The molecule has 0 saturated carbocycles. The summed E-state index contributed by atoms with van der Waals surface area (Å²) in [6.07, 6.45) is 1.64. The summed E-state index contributed by atoms with van der Waals surface area (Å²) in [5.74, 6) is -0.519. The van der Waals surface area contributed by atoms with Crippen LogP contribution in [0.4, 0.5) is 0 Å². The maximum Gasteiger partial charge on any atom is 0.240 e. The van der Waals surface area contributed by atoms with E-state index < -0.39 is 0 Å². The van der Waals surface area contributed by atoms with Crippen molar-refractivity contribution in [1.82, 2.24) is 10.7 Å². The van der Waals surface area contributed by atoms with Crippen molar-refractivity contribution >= 4 is 18.0 Å². The van der Waals surface area contributed by atoms with Gasteiger partial charge in [-0.15, -0.1) is 0 Å². The first-order valence-electron chi connectivity index (χ1n) is 7.80. The number of carbonyl (C=O) groups excluding carboxylic acids is 2. The van der Waals surface area contributed by atoms with Crippen LogP contribution in [-0.2, 0) is 16.1 Å². The van der Waals surface area contributed by atoms with Gasteiger partial charge in [-0.05, 0) is 23.3 Å². The van der Waals surface area contributed by atoms with Crippen molar-refractivity contribution in [3.8, 4) is 6.07 Å². The molecule has 2 rings (SSSR count). The minimum absolute atomic E-state index is 0.0608. The second-order valence-electron chi connectivity index (χ2n) is 5.29. The number of nitriles is 1. The van der Waals surface area contributed by atoms with Crippen LogP contribution in [0.15, 0.2) is 59.7 Å². The number of hydrazone groups is 1. The molecule has 0 aliphatic heterocycles. The van der Waals surface area contributed by atoms with Crippen molar-refractivity contribution in [2.75, 3.05) is 0 Å². The van der Waals surface area contributed by atoms with Gasteiger partial charge in [0.2, 0.25) is 11.8 Å². The number of carbonyl (C=O) groups is 2. The largest absolute Gasteiger partial charge is 0.352 e. The molecular weight excluding hydrogens is 316 g/mol. The van der Waals surface area contributed by atoms with E-state index in [1.165, 1.54) is 6.21 Å². The zero-order valence-electron chi connectivity index (χ0n) is 13.6. The molecule has 0 heterocycles. The minimum Gasteiger partial charge on any atom is -0.352 e. The molecule has 0 aromatic heterocycles. The molecule has 6 heteroatoms. The summed E-state index contributed by atoms with van der Waals surface area (Å²) < 4.78 is 0. The summed E-state index contributed by atoms with van der Waals surface area (Å²) >= 11 is 0. The number of amides is 2. The van der Waals surface area contributed by atoms with E-state index in [9.17, 15) is 9.59 Å². The molecule has 2 aromatic rings. The first kappa shape index (κ1) is 17.9. The summed E-state index contributed by atoms with van der Waals surface area (Å²) in [6, 6.07) is 18.4. The zero-order valence-corrected chi connectivity index (χ0v) is 13.6. The molecule has 0 spiro atoms. The second-order valence-corrected chi connectivity index (χ2v) is 5.29. The summed E-state index contributed by atoms with van der Waals surface area (Å²) in [6.45, 7) is 0.443. The van der Waals surface area contributed by atoms with Gasteiger partial charge in [0.05, 0.1) is 17.8 Å². The highest BCUT2D eigenvalue weighted by Crippen LogP contribution is 2.01. The van der Waals surface area contributed by atoms with Crippen LogP contribution in [0.3, 0.4) is 0 Å². The Morgan fingerprint density at radius 2 is 1.68 bits per heavy atom. The van der Waals surface area contributed by atoms with Gasteiger partial charge in [0.1, 0.15) is 0 Å². The lowest BCUT2D eigenvalue weighted by Crippen LogP contribution is -2.25. The molecule has 0 radical (unpaired) electrons. The lowest BCUT2D eigenvalue weighted by atomic mass is 10.2. The number of nitrogens with zero attached hydrogens (tertiary/aromatic N) is 2. The predicted octanol–water partition coefficient (Wildman–Crippen LogP) is 2.10. The van der Waals surface area contributed by atoms with Gasteiger partial charge < -0.3 is 5.32 Å². The molecule has 0 saturated heterocycles. The normalized spacial score (nSPS) is 10.2. The zero-order chi connectivity index (χ0) is 17.9. The fourth-order valence-electron chi connectivity index (χ4n) is 1.99. The Labute approximate surface area is 146 Å². The second kappa shape index (κ2) is 9.63. The van der Waals surface area contributed by atoms with Gasteiger partial charge >= 0.3 is 0 Å². The average molecular weight is 334 g/mol. The van der Waals surface area contributed by atoms with Gasteiger partial charge in [-0.25, -0.2) is 5.43 Å². The van der Waals surface area contributed by atoms with Gasteiger partial charge in [-0.3, -0.25) is 9.59 Å². The van der Waals surface area contributed by atoms with Crippen LogP contribution in [0.5, 0.6) is 0 Å². The van der Waals surface area contributed by atoms with Crippen LogP contribution in [0.1, 0.15) is 29.5 Å². The third-order valence-electron chi connectivity index (χ3n) is 3.35. The topological polar surface area (TPSA) is 94.3 Å². The smallest absolute Gasteiger partial charge is 0.240 e. The van der Waals surface area contributed by atoms with Crippen molar-refractivity contribution in [1.29, 1.82) is 5.26 Å². The first-order valence-corrected chi connectivity index (χ1v) is 7.80. The lowest BCUT2D eigenvalue weighted by Gasteiger charge is -2.04. The van der Waals surface area contributed by atoms with Crippen molar-refractivity contribution in [2.24, 2.45) is 5.10 Å². The Morgan fingerprint density at radius 3 is 2.36 bits per heavy atom. The Hall–Kier alpha value is -3.46. The van der Waals surface area contributed by atoms with Crippen LogP contribution in [-0.4, -0.2) is 18.0 Å². The molecule has 0 aliphatic rings. The van der Waals surface area contributed by atoms with Crippen LogP contribution in [0.2, 0.25) is 0 Å². The highest BCUT2D eigenvalue weighted by Gasteiger charge is 2.06. The molecule has 2 N–H and O–H groups in total. The van der Waals surface area contributed by atoms with E-state index in [1.807, 2.05) is 36.4 Å². The Bertz CT molecular complexity index is 777. The fraction of sp³-hybridized carbons (Fsp3) is 0.158. The minimum atomic E-state index is -0.334. The Morgan fingerprint density at radius 1 is 1.00 bits per heavy atom. The molecule has 126 valence electrons. The lowest BCUT2D eigenvalue weighted by molar-refractivity contribution is -0.126. The molecule has 0 aliphatic carbocycles. The average Bonchev–Trinajstić information content (AvgIpc) is 2.66.